The number of nitrogen functional groups attached to an aromatic ring is 1. The van der Waals surface area contributed by atoms with Gasteiger partial charge in [-0.3, -0.25) is 4.79 Å². The van der Waals surface area contributed by atoms with Gasteiger partial charge in [-0.1, -0.05) is 23.2 Å². The Hall–Kier alpha value is -2.68. The molecule has 3 rings (SSSR count). The zero-order valence-electron chi connectivity index (χ0n) is 13.8. The third-order valence-electron chi connectivity index (χ3n) is 3.79. The first-order valence-corrected chi connectivity index (χ1v) is 8.56. The molecule has 1 aromatic carbocycles. The molecular weight excluding hydrogens is 394 g/mol. The van der Waals surface area contributed by atoms with Crippen LogP contribution >= 0.6 is 23.2 Å². The number of hydrogen-bond donors (Lipinski definition) is 4. The van der Waals surface area contributed by atoms with Crippen LogP contribution in [0.3, 0.4) is 0 Å². The van der Waals surface area contributed by atoms with Crippen LogP contribution < -0.4 is 16.8 Å². The summed E-state index contributed by atoms with van der Waals surface area (Å²) in [5.41, 5.74) is 13.0. The topological polar surface area (TPSA) is 123 Å². The molecule has 140 valence electrons. The number of hydrogen-bond acceptors (Lipinski definition) is 5. The first kappa shape index (κ1) is 19.1. The molecule has 0 aliphatic heterocycles. The van der Waals surface area contributed by atoms with Gasteiger partial charge in [0.05, 0.1) is 23.0 Å². The van der Waals surface area contributed by atoms with Gasteiger partial charge in [0.25, 0.3) is 5.91 Å². The number of aromatic nitrogens is 3. The van der Waals surface area contributed by atoms with Crippen LogP contribution in [0.2, 0.25) is 10.0 Å². The highest BCUT2D eigenvalue weighted by molar-refractivity contribution is 6.33. The number of anilines is 1. The van der Waals surface area contributed by atoms with E-state index in [2.05, 4.69) is 20.3 Å². The number of H-pyrrole nitrogens is 1. The highest BCUT2D eigenvalue weighted by Gasteiger charge is 2.18. The van der Waals surface area contributed by atoms with Crippen LogP contribution in [0.5, 0.6) is 0 Å². The van der Waals surface area contributed by atoms with Gasteiger partial charge in [0.2, 0.25) is 5.95 Å². The molecule has 1 amide bonds. The van der Waals surface area contributed by atoms with Gasteiger partial charge >= 0.3 is 0 Å². The van der Waals surface area contributed by atoms with Crippen molar-refractivity contribution in [2.45, 2.75) is 6.04 Å². The van der Waals surface area contributed by atoms with E-state index in [0.717, 1.165) is 0 Å². The zero-order valence-corrected chi connectivity index (χ0v) is 15.4. The molecule has 10 heteroatoms. The molecule has 6 N–H and O–H groups in total. The summed E-state index contributed by atoms with van der Waals surface area (Å²) in [5, 5.41) is 3.25. The Balaban J connectivity index is 1.82. The number of halogens is 3. The Morgan fingerprint density at radius 3 is 2.78 bits per heavy atom. The van der Waals surface area contributed by atoms with E-state index >= 15 is 0 Å². The Morgan fingerprint density at radius 1 is 1.30 bits per heavy atom. The van der Waals surface area contributed by atoms with Crippen LogP contribution in [-0.4, -0.2) is 27.4 Å². The van der Waals surface area contributed by atoms with E-state index in [4.69, 9.17) is 34.7 Å². The molecule has 0 radical (unpaired) electrons. The molecule has 0 aliphatic carbocycles. The Bertz CT molecular complexity index is 973. The van der Waals surface area contributed by atoms with Gasteiger partial charge in [0.15, 0.2) is 0 Å². The average molecular weight is 409 g/mol. The minimum Gasteiger partial charge on any atom is -0.368 e. The van der Waals surface area contributed by atoms with Gasteiger partial charge in [-0.05, 0) is 29.8 Å². The monoisotopic (exact) mass is 408 g/mol. The summed E-state index contributed by atoms with van der Waals surface area (Å²) in [5.74, 6) is -0.883. The molecule has 27 heavy (non-hydrogen) atoms. The van der Waals surface area contributed by atoms with Gasteiger partial charge in [0.1, 0.15) is 11.5 Å². The van der Waals surface area contributed by atoms with E-state index in [1.807, 2.05) is 0 Å². The summed E-state index contributed by atoms with van der Waals surface area (Å²) < 4.78 is 13.6. The lowest BCUT2D eigenvalue weighted by Gasteiger charge is -2.17. The smallest absolute Gasteiger partial charge is 0.268 e. The molecule has 2 aromatic heterocycles. The fourth-order valence-electron chi connectivity index (χ4n) is 2.54. The summed E-state index contributed by atoms with van der Waals surface area (Å²) in [4.78, 5) is 23.2. The lowest BCUT2D eigenvalue weighted by atomic mass is 10.1. The predicted octanol–water partition coefficient (Wildman–Crippen LogP) is 2.93. The van der Waals surface area contributed by atoms with Crippen molar-refractivity contribution in [3.63, 3.8) is 0 Å². The number of nitrogens with zero attached hydrogens (tertiary/aromatic N) is 2. The van der Waals surface area contributed by atoms with E-state index in [-0.39, 0.29) is 23.2 Å². The SMILES string of the molecule is NCC(NC(=O)c1cc(-c2nc(N)ncc2Cl)c[nH]1)c1cc(F)cc(Cl)c1. The normalized spacial score (nSPS) is 12.0. The fraction of sp³-hybridized carbons (Fsp3) is 0.118. The van der Waals surface area contributed by atoms with E-state index in [9.17, 15) is 9.18 Å². The molecule has 0 saturated carbocycles. The van der Waals surface area contributed by atoms with Gasteiger partial charge in [-0.2, -0.15) is 0 Å². The molecule has 2 heterocycles. The summed E-state index contributed by atoms with van der Waals surface area (Å²) in [6.45, 7) is 0.0629. The number of benzene rings is 1. The summed E-state index contributed by atoms with van der Waals surface area (Å²) in [6, 6.07) is 4.94. The Kier molecular flexibility index (Phi) is 5.59. The van der Waals surface area contributed by atoms with E-state index in [1.165, 1.54) is 18.3 Å². The molecule has 0 bridgehead atoms. The summed E-state index contributed by atoms with van der Waals surface area (Å²) in [6.07, 6.45) is 2.95. The molecule has 0 aliphatic rings. The van der Waals surface area contributed by atoms with Crippen molar-refractivity contribution in [3.05, 3.63) is 63.8 Å². The van der Waals surface area contributed by atoms with Crippen LogP contribution in [0.25, 0.3) is 11.3 Å². The maximum atomic E-state index is 13.6. The van der Waals surface area contributed by atoms with Crippen molar-refractivity contribution >= 4 is 35.1 Å². The fourth-order valence-corrected chi connectivity index (χ4v) is 2.97. The second kappa shape index (κ2) is 7.91. The van der Waals surface area contributed by atoms with E-state index in [0.29, 0.717) is 21.8 Å². The van der Waals surface area contributed by atoms with E-state index < -0.39 is 17.8 Å². The average Bonchev–Trinajstić information content (AvgIpc) is 3.10. The molecule has 3 aromatic rings. The van der Waals surface area contributed by atoms with Crippen LogP contribution in [0.4, 0.5) is 10.3 Å². The lowest BCUT2D eigenvalue weighted by Crippen LogP contribution is -2.33. The minimum atomic E-state index is -0.615. The molecule has 7 nitrogen and oxygen atoms in total. The minimum absolute atomic E-state index is 0.0628. The van der Waals surface area contributed by atoms with Crippen molar-refractivity contribution in [1.29, 1.82) is 0 Å². The van der Waals surface area contributed by atoms with E-state index in [1.54, 1.807) is 18.3 Å². The number of amides is 1. The number of nitrogens with two attached hydrogens (primary N) is 2. The quantitative estimate of drug-likeness (QED) is 0.516. The Labute approximate surface area is 163 Å². The van der Waals surface area contributed by atoms with Gasteiger partial charge in [-0.15, -0.1) is 0 Å². The third-order valence-corrected chi connectivity index (χ3v) is 4.29. The van der Waals surface area contributed by atoms with Gasteiger partial charge in [-0.25, -0.2) is 14.4 Å². The molecule has 0 fully saturated rings. The second-order valence-electron chi connectivity index (χ2n) is 5.69. The summed E-state index contributed by atoms with van der Waals surface area (Å²) in [7, 11) is 0. The first-order valence-electron chi connectivity index (χ1n) is 7.81. The van der Waals surface area contributed by atoms with Crippen molar-refractivity contribution in [3.8, 4) is 11.3 Å². The van der Waals surface area contributed by atoms with Gasteiger partial charge in [0, 0.05) is 23.3 Å². The van der Waals surface area contributed by atoms with Crippen molar-refractivity contribution < 1.29 is 9.18 Å². The number of rotatable bonds is 5. The molecule has 1 atom stereocenters. The highest BCUT2D eigenvalue weighted by atomic mass is 35.5. The Morgan fingerprint density at radius 2 is 2.07 bits per heavy atom. The van der Waals surface area contributed by atoms with Crippen LogP contribution in [0, 0.1) is 5.82 Å². The van der Waals surface area contributed by atoms with Crippen molar-refractivity contribution in [2.24, 2.45) is 5.73 Å². The standard InChI is InChI=1S/C17H15Cl2FN6O/c18-10-1-8(2-11(20)4-10)14(5-21)25-16(27)13-3-9(6-23-13)15-12(19)7-24-17(22)26-15/h1-4,6-7,14,23H,5,21H2,(H,25,27)(H2,22,24,26). The number of carbonyl (C=O) groups is 1. The molecule has 0 spiro atoms. The van der Waals surface area contributed by atoms with Crippen LogP contribution in [-0.2, 0) is 0 Å². The maximum Gasteiger partial charge on any atom is 0.268 e. The molecule has 1 unspecified atom stereocenters. The first-order chi connectivity index (χ1) is 12.9. The highest BCUT2D eigenvalue weighted by Crippen LogP contribution is 2.26. The van der Waals surface area contributed by atoms with Gasteiger partial charge < -0.3 is 21.8 Å². The number of aromatic amines is 1. The molecule has 0 saturated heterocycles. The largest absolute Gasteiger partial charge is 0.368 e. The van der Waals surface area contributed by atoms with Crippen LogP contribution in [0.15, 0.2) is 36.7 Å². The van der Waals surface area contributed by atoms with Crippen molar-refractivity contribution in [2.75, 3.05) is 12.3 Å². The summed E-state index contributed by atoms with van der Waals surface area (Å²) >= 11 is 11.9. The number of nitrogens with one attached hydrogen (secondary N) is 2. The lowest BCUT2D eigenvalue weighted by molar-refractivity contribution is 0.0933. The maximum absolute atomic E-state index is 13.6. The second-order valence-corrected chi connectivity index (χ2v) is 6.53. The van der Waals surface area contributed by atoms with Crippen molar-refractivity contribution in [1.82, 2.24) is 20.3 Å². The third kappa shape index (κ3) is 4.36. The number of carbonyl (C=O) groups excluding carboxylic acids is 1. The predicted molar refractivity (Wildman–Crippen MR) is 102 cm³/mol. The molecular formula is C17H15Cl2FN6O. The van der Waals surface area contributed by atoms with Crippen LogP contribution in [0.1, 0.15) is 22.1 Å². The zero-order chi connectivity index (χ0) is 19.6.